The summed E-state index contributed by atoms with van der Waals surface area (Å²) in [5, 5.41) is 7.74. The summed E-state index contributed by atoms with van der Waals surface area (Å²) in [5.41, 5.74) is 1.34. The van der Waals surface area contributed by atoms with Crippen LogP contribution in [0.2, 0.25) is 0 Å². The first-order valence-corrected chi connectivity index (χ1v) is 6.22. The van der Waals surface area contributed by atoms with Gasteiger partial charge in [0.1, 0.15) is 0 Å². The lowest BCUT2D eigenvalue weighted by Crippen LogP contribution is -2.39. The third kappa shape index (κ3) is 1.99. The van der Waals surface area contributed by atoms with Crippen molar-refractivity contribution in [3.05, 3.63) is 18.0 Å². The van der Waals surface area contributed by atoms with Gasteiger partial charge in [-0.2, -0.15) is 5.10 Å². The molecule has 2 saturated heterocycles. The Balaban J connectivity index is 1.60. The van der Waals surface area contributed by atoms with E-state index in [1.54, 1.807) is 0 Å². The number of aromatic nitrogens is 2. The van der Waals surface area contributed by atoms with Crippen molar-refractivity contribution in [2.24, 2.45) is 18.9 Å². The van der Waals surface area contributed by atoms with Gasteiger partial charge in [-0.1, -0.05) is 0 Å². The normalized spacial score (nSPS) is 30.6. The fourth-order valence-corrected chi connectivity index (χ4v) is 3.07. The summed E-state index contributed by atoms with van der Waals surface area (Å²) < 4.78 is 1.89. The van der Waals surface area contributed by atoms with Gasteiger partial charge in [0.05, 0.1) is 6.20 Å². The molecular weight excluding hydrogens is 200 g/mol. The second-order valence-corrected chi connectivity index (χ2v) is 5.22. The lowest BCUT2D eigenvalue weighted by atomic mass is 9.88. The Kier molecular flexibility index (Phi) is 2.69. The Hall–Kier alpha value is -0.870. The van der Waals surface area contributed by atoms with Crippen LogP contribution in [0.5, 0.6) is 0 Å². The number of piperidine rings is 1. The van der Waals surface area contributed by atoms with Crippen LogP contribution in [0.25, 0.3) is 0 Å². The molecule has 2 atom stereocenters. The fraction of sp³-hybridized carbons (Fsp3) is 0.750. The minimum atomic E-state index is 0.880. The maximum Gasteiger partial charge on any atom is 0.0534 e. The van der Waals surface area contributed by atoms with E-state index in [-0.39, 0.29) is 0 Å². The summed E-state index contributed by atoms with van der Waals surface area (Å²) in [6, 6.07) is 0. The minimum absolute atomic E-state index is 0.880. The molecule has 2 aliphatic heterocycles. The monoisotopic (exact) mass is 220 g/mol. The molecular formula is C12H20N4. The number of nitrogens with one attached hydrogen (secondary N) is 1. The Morgan fingerprint density at radius 3 is 3.12 bits per heavy atom. The topological polar surface area (TPSA) is 33.1 Å². The largest absolute Gasteiger partial charge is 0.316 e. The van der Waals surface area contributed by atoms with Crippen molar-refractivity contribution in [2.45, 2.75) is 13.0 Å². The van der Waals surface area contributed by atoms with Crippen LogP contribution < -0.4 is 5.32 Å². The van der Waals surface area contributed by atoms with E-state index in [1.165, 1.54) is 38.2 Å². The molecule has 4 nitrogen and oxygen atoms in total. The maximum absolute atomic E-state index is 4.23. The Morgan fingerprint density at radius 2 is 2.31 bits per heavy atom. The Bertz CT molecular complexity index is 360. The highest BCUT2D eigenvalue weighted by Gasteiger charge is 2.32. The SMILES string of the molecule is Cn1cc(CN2CCC3CNCC3C2)cn1. The van der Waals surface area contributed by atoms with E-state index in [0.29, 0.717) is 0 Å². The molecule has 0 aromatic carbocycles. The molecule has 2 fully saturated rings. The molecule has 0 spiro atoms. The first-order chi connectivity index (χ1) is 7.81. The predicted octanol–water partition coefficient (Wildman–Crippen LogP) is 0.461. The zero-order chi connectivity index (χ0) is 11.0. The van der Waals surface area contributed by atoms with E-state index >= 15 is 0 Å². The van der Waals surface area contributed by atoms with Crippen LogP contribution in [0.4, 0.5) is 0 Å². The van der Waals surface area contributed by atoms with Gasteiger partial charge < -0.3 is 5.32 Å². The molecule has 3 rings (SSSR count). The van der Waals surface area contributed by atoms with Gasteiger partial charge in [0.15, 0.2) is 0 Å². The first-order valence-electron chi connectivity index (χ1n) is 6.22. The smallest absolute Gasteiger partial charge is 0.0534 e. The number of hydrogen-bond acceptors (Lipinski definition) is 3. The molecule has 0 aliphatic carbocycles. The highest BCUT2D eigenvalue weighted by molar-refractivity contribution is 5.04. The van der Waals surface area contributed by atoms with Gasteiger partial charge in [-0.3, -0.25) is 9.58 Å². The molecule has 3 heterocycles. The minimum Gasteiger partial charge on any atom is -0.316 e. The maximum atomic E-state index is 4.23. The van der Waals surface area contributed by atoms with Gasteiger partial charge in [-0.15, -0.1) is 0 Å². The standard InChI is InChI=1S/C12H20N4/c1-15-7-10(4-14-15)8-16-3-2-11-5-13-6-12(11)9-16/h4,7,11-13H,2-3,5-6,8-9H2,1H3. The molecule has 4 heteroatoms. The zero-order valence-corrected chi connectivity index (χ0v) is 9.89. The second-order valence-electron chi connectivity index (χ2n) is 5.22. The predicted molar refractivity (Wildman–Crippen MR) is 63.0 cm³/mol. The Labute approximate surface area is 96.6 Å². The fourth-order valence-electron chi connectivity index (χ4n) is 3.07. The molecule has 0 amide bonds. The summed E-state index contributed by atoms with van der Waals surface area (Å²) in [4.78, 5) is 2.57. The van der Waals surface area contributed by atoms with E-state index in [1.807, 2.05) is 17.9 Å². The molecule has 2 unspecified atom stereocenters. The van der Waals surface area contributed by atoms with Crippen LogP contribution in [0.1, 0.15) is 12.0 Å². The number of fused-ring (bicyclic) bond motifs is 1. The third-order valence-electron chi connectivity index (χ3n) is 3.95. The molecule has 88 valence electrons. The van der Waals surface area contributed by atoms with Crippen LogP contribution in [-0.2, 0) is 13.6 Å². The summed E-state index contributed by atoms with van der Waals surface area (Å²) in [5.74, 6) is 1.82. The molecule has 1 aromatic heterocycles. The highest BCUT2D eigenvalue weighted by atomic mass is 15.2. The lowest BCUT2D eigenvalue weighted by Gasteiger charge is -2.34. The molecule has 2 aliphatic rings. The van der Waals surface area contributed by atoms with Crippen LogP contribution in [0.3, 0.4) is 0 Å². The number of nitrogens with zero attached hydrogens (tertiary/aromatic N) is 3. The van der Waals surface area contributed by atoms with E-state index in [2.05, 4.69) is 21.5 Å². The summed E-state index contributed by atoms with van der Waals surface area (Å²) in [7, 11) is 1.98. The third-order valence-corrected chi connectivity index (χ3v) is 3.95. The average molecular weight is 220 g/mol. The molecule has 0 saturated carbocycles. The number of rotatable bonds is 2. The van der Waals surface area contributed by atoms with Crippen LogP contribution in [0, 0.1) is 11.8 Å². The van der Waals surface area contributed by atoms with Crippen LogP contribution in [-0.4, -0.2) is 40.9 Å². The summed E-state index contributed by atoms with van der Waals surface area (Å²) >= 11 is 0. The van der Waals surface area contributed by atoms with Crippen molar-refractivity contribution in [1.29, 1.82) is 0 Å². The average Bonchev–Trinajstić information content (AvgIpc) is 2.87. The summed E-state index contributed by atoms with van der Waals surface area (Å²) in [6.07, 6.45) is 5.47. The summed E-state index contributed by atoms with van der Waals surface area (Å²) in [6.45, 7) is 6.03. The number of likely N-dealkylation sites (tertiary alicyclic amines) is 1. The van der Waals surface area contributed by atoms with E-state index in [9.17, 15) is 0 Å². The van der Waals surface area contributed by atoms with Crippen molar-refractivity contribution in [3.8, 4) is 0 Å². The van der Waals surface area contributed by atoms with Crippen molar-refractivity contribution in [1.82, 2.24) is 20.0 Å². The van der Waals surface area contributed by atoms with E-state index in [4.69, 9.17) is 0 Å². The zero-order valence-electron chi connectivity index (χ0n) is 9.89. The van der Waals surface area contributed by atoms with Gasteiger partial charge in [0, 0.05) is 31.9 Å². The van der Waals surface area contributed by atoms with Crippen LogP contribution >= 0.6 is 0 Å². The second kappa shape index (κ2) is 4.18. The highest BCUT2D eigenvalue weighted by Crippen LogP contribution is 2.27. The van der Waals surface area contributed by atoms with Gasteiger partial charge in [-0.25, -0.2) is 0 Å². The Morgan fingerprint density at radius 1 is 1.44 bits per heavy atom. The number of hydrogen-bond donors (Lipinski definition) is 1. The number of aryl methyl sites for hydroxylation is 1. The van der Waals surface area contributed by atoms with Crippen molar-refractivity contribution in [2.75, 3.05) is 26.2 Å². The molecule has 0 bridgehead atoms. The molecule has 16 heavy (non-hydrogen) atoms. The van der Waals surface area contributed by atoms with Gasteiger partial charge >= 0.3 is 0 Å². The van der Waals surface area contributed by atoms with Crippen molar-refractivity contribution in [3.63, 3.8) is 0 Å². The molecule has 1 N–H and O–H groups in total. The quantitative estimate of drug-likeness (QED) is 0.786. The van der Waals surface area contributed by atoms with Gasteiger partial charge in [0.25, 0.3) is 0 Å². The van der Waals surface area contributed by atoms with Crippen molar-refractivity contribution < 1.29 is 0 Å². The first kappa shape index (κ1) is 10.3. The molecule has 0 radical (unpaired) electrons. The van der Waals surface area contributed by atoms with Crippen molar-refractivity contribution >= 4 is 0 Å². The van der Waals surface area contributed by atoms with Gasteiger partial charge in [-0.05, 0) is 37.9 Å². The van der Waals surface area contributed by atoms with E-state index < -0.39 is 0 Å². The van der Waals surface area contributed by atoms with E-state index in [0.717, 1.165) is 18.4 Å². The van der Waals surface area contributed by atoms with Gasteiger partial charge in [0.2, 0.25) is 0 Å². The van der Waals surface area contributed by atoms with Crippen LogP contribution in [0.15, 0.2) is 12.4 Å². The molecule has 1 aromatic rings. The lowest BCUT2D eigenvalue weighted by molar-refractivity contribution is 0.142.